The van der Waals surface area contributed by atoms with Gasteiger partial charge in [-0.15, -0.1) is 0 Å². The molecule has 6 nitrogen and oxygen atoms in total. The summed E-state index contributed by atoms with van der Waals surface area (Å²) in [6.07, 6.45) is 4.66. The van der Waals surface area contributed by atoms with Gasteiger partial charge in [0.25, 0.3) is 5.91 Å². The first kappa shape index (κ1) is 22.8. The molecule has 1 N–H and O–H groups in total. The lowest BCUT2D eigenvalue weighted by molar-refractivity contribution is -0.126. The molecule has 0 atom stereocenters. The van der Waals surface area contributed by atoms with E-state index in [1.807, 2.05) is 47.0 Å². The van der Waals surface area contributed by atoms with Crippen LogP contribution in [-0.4, -0.2) is 39.4 Å². The molecular weight excluding hydrogens is 443 g/mol. The molecule has 0 saturated carbocycles. The van der Waals surface area contributed by atoms with Crippen molar-refractivity contribution in [2.24, 2.45) is 5.92 Å². The summed E-state index contributed by atoms with van der Waals surface area (Å²) >= 11 is 0. The Bertz CT molecular complexity index is 1340. The third-order valence-electron chi connectivity index (χ3n) is 6.66. The Kier molecular flexibility index (Phi) is 6.57. The minimum atomic E-state index is -0.290. The van der Waals surface area contributed by atoms with E-state index in [9.17, 15) is 14.0 Å². The van der Waals surface area contributed by atoms with Crippen molar-refractivity contribution in [3.05, 3.63) is 102 Å². The van der Waals surface area contributed by atoms with E-state index in [1.165, 1.54) is 6.07 Å². The van der Waals surface area contributed by atoms with Gasteiger partial charge in [-0.3, -0.25) is 14.6 Å². The molecule has 2 aromatic carbocycles. The standard InChI is InChI=1S/C28H27FN4O2/c29-24-9-3-1-8-23(24)19-33-25-10-4-2-7-22(25)16-26(33)28(35)32-14-11-21(12-15-32)27(34)31-18-20-6-5-13-30-17-20/h1-10,13,16-17,21H,11-12,14-15,18-19H2,(H,31,34). The summed E-state index contributed by atoms with van der Waals surface area (Å²) in [5, 5.41) is 3.92. The van der Waals surface area contributed by atoms with Gasteiger partial charge in [0.1, 0.15) is 11.5 Å². The molecule has 2 amide bonds. The fourth-order valence-electron chi connectivity index (χ4n) is 4.70. The summed E-state index contributed by atoms with van der Waals surface area (Å²) < 4.78 is 16.3. The molecule has 7 heteroatoms. The average molecular weight is 471 g/mol. The molecule has 1 saturated heterocycles. The molecular formula is C28H27FN4O2. The fourth-order valence-corrected chi connectivity index (χ4v) is 4.70. The number of nitrogens with one attached hydrogen (secondary N) is 1. The molecule has 35 heavy (non-hydrogen) atoms. The van der Waals surface area contributed by atoms with Crippen molar-refractivity contribution in [2.45, 2.75) is 25.9 Å². The molecule has 1 fully saturated rings. The summed E-state index contributed by atoms with van der Waals surface area (Å²) in [6, 6.07) is 20.1. The summed E-state index contributed by atoms with van der Waals surface area (Å²) in [6.45, 7) is 1.73. The molecule has 0 unspecified atom stereocenters. The molecule has 0 aliphatic carbocycles. The molecule has 3 heterocycles. The molecule has 1 aliphatic heterocycles. The zero-order valence-electron chi connectivity index (χ0n) is 19.4. The highest BCUT2D eigenvalue weighted by atomic mass is 19.1. The highest BCUT2D eigenvalue weighted by molar-refractivity contribution is 5.99. The Hall–Kier alpha value is -4.00. The van der Waals surface area contributed by atoms with E-state index in [0.29, 0.717) is 43.7 Å². The van der Waals surface area contributed by atoms with Crippen molar-refractivity contribution in [3.8, 4) is 0 Å². The van der Waals surface area contributed by atoms with Gasteiger partial charge in [0.2, 0.25) is 5.91 Å². The molecule has 0 bridgehead atoms. The van der Waals surface area contributed by atoms with Crippen molar-refractivity contribution in [1.82, 2.24) is 19.8 Å². The summed E-state index contributed by atoms with van der Waals surface area (Å²) in [4.78, 5) is 32.1. The van der Waals surface area contributed by atoms with E-state index in [0.717, 1.165) is 16.5 Å². The third-order valence-corrected chi connectivity index (χ3v) is 6.66. The van der Waals surface area contributed by atoms with Crippen molar-refractivity contribution < 1.29 is 14.0 Å². The van der Waals surface area contributed by atoms with Crippen LogP contribution in [0.25, 0.3) is 10.9 Å². The first-order valence-electron chi connectivity index (χ1n) is 11.9. The highest BCUT2D eigenvalue weighted by Crippen LogP contribution is 2.25. The van der Waals surface area contributed by atoms with Gasteiger partial charge in [-0.1, -0.05) is 42.5 Å². The molecule has 178 valence electrons. The van der Waals surface area contributed by atoms with E-state index in [4.69, 9.17) is 0 Å². The van der Waals surface area contributed by atoms with Crippen LogP contribution in [0, 0.1) is 11.7 Å². The fraction of sp³-hybridized carbons (Fsp3) is 0.250. The van der Waals surface area contributed by atoms with Crippen molar-refractivity contribution in [3.63, 3.8) is 0 Å². The van der Waals surface area contributed by atoms with Gasteiger partial charge < -0.3 is 14.8 Å². The predicted octanol–water partition coefficient (Wildman–Crippen LogP) is 4.39. The van der Waals surface area contributed by atoms with Crippen LogP contribution < -0.4 is 5.32 Å². The van der Waals surface area contributed by atoms with Crippen LogP contribution in [0.1, 0.15) is 34.5 Å². The third kappa shape index (κ3) is 4.94. The smallest absolute Gasteiger partial charge is 0.270 e. The van der Waals surface area contributed by atoms with E-state index in [1.54, 1.807) is 35.5 Å². The minimum absolute atomic E-state index is 0.00891. The van der Waals surface area contributed by atoms with Crippen molar-refractivity contribution >= 4 is 22.7 Å². The van der Waals surface area contributed by atoms with Crippen molar-refractivity contribution in [2.75, 3.05) is 13.1 Å². The summed E-state index contributed by atoms with van der Waals surface area (Å²) in [7, 11) is 0. The van der Waals surface area contributed by atoms with Gasteiger partial charge in [-0.25, -0.2) is 4.39 Å². The number of para-hydroxylation sites is 1. The Morgan fingerprint density at radius 2 is 1.77 bits per heavy atom. The van der Waals surface area contributed by atoms with E-state index < -0.39 is 0 Å². The number of hydrogen-bond acceptors (Lipinski definition) is 3. The maximum atomic E-state index is 14.4. The number of carbonyl (C=O) groups is 2. The number of amides is 2. The zero-order valence-corrected chi connectivity index (χ0v) is 19.4. The Balaban J connectivity index is 1.28. The monoisotopic (exact) mass is 470 g/mol. The lowest BCUT2D eigenvalue weighted by Gasteiger charge is -2.31. The summed E-state index contributed by atoms with van der Waals surface area (Å²) in [5.74, 6) is -0.497. The topological polar surface area (TPSA) is 67.2 Å². The van der Waals surface area contributed by atoms with Crippen LogP contribution in [0.4, 0.5) is 4.39 Å². The Morgan fingerprint density at radius 3 is 2.54 bits per heavy atom. The average Bonchev–Trinajstić information content (AvgIpc) is 3.27. The Labute approximate surface area is 203 Å². The van der Waals surface area contributed by atoms with Crippen LogP contribution in [0.5, 0.6) is 0 Å². The number of fused-ring (bicyclic) bond motifs is 1. The van der Waals surface area contributed by atoms with Crippen LogP contribution in [0.3, 0.4) is 0 Å². The second-order valence-corrected chi connectivity index (χ2v) is 8.91. The van der Waals surface area contributed by atoms with Crippen LogP contribution >= 0.6 is 0 Å². The van der Waals surface area contributed by atoms with E-state index in [-0.39, 0.29) is 30.1 Å². The number of pyridine rings is 1. The maximum absolute atomic E-state index is 14.4. The number of likely N-dealkylation sites (tertiary alicyclic amines) is 1. The lowest BCUT2D eigenvalue weighted by Crippen LogP contribution is -2.43. The second kappa shape index (κ2) is 10.1. The van der Waals surface area contributed by atoms with E-state index >= 15 is 0 Å². The lowest BCUT2D eigenvalue weighted by atomic mass is 9.95. The molecule has 2 aromatic heterocycles. The molecule has 5 rings (SSSR count). The molecule has 0 radical (unpaired) electrons. The number of nitrogens with zero attached hydrogens (tertiary/aromatic N) is 3. The maximum Gasteiger partial charge on any atom is 0.270 e. The van der Waals surface area contributed by atoms with Crippen LogP contribution in [0.15, 0.2) is 79.1 Å². The van der Waals surface area contributed by atoms with Gasteiger partial charge in [-0.2, -0.15) is 0 Å². The summed E-state index contributed by atoms with van der Waals surface area (Å²) in [5.41, 5.74) is 2.92. The number of hydrogen-bond donors (Lipinski definition) is 1. The molecule has 4 aromatic rings. The van der Waals surface area contributed by atoms with Gasteiger partial charge in [-0.05, 0) is 42.7 Å². The zero-order chi connectivity index (χ0) is 24.2. The largest absolute Gasteiger partial charge is 0.352 e. The second-order valence-electron chi connectivity index (χ2n) is 8.91. The molecule has 1 aliphatic rings. The number of aromatic nitrogens is 2. The first-order valence-corrected chi connectivity index (χ1v) is 11.9. The highest BCUT2D eigenvalue weighted by Gasteiger charge is 2.29. The first-order chi connectivity index (χ1) is 17.1. The van der Waals surface area contributed by atoms with Crippen LogP contribution in [0.2, 0.25) is 0 Å². The van der Waals surface area contributed by atoms with Gasteiger partial charge in [0, 0.05) is 54.4 Å². The normalized spacial score (nSPS) is 14.3. The SMILES string of the molecule is O=C(NCc1cccnc1)C1CCN(C(=O)c2cc3ccccc3n2Cc2ccccc2F)CC1. The van der Waals surface area contributed by atoms with Gasteiger partial charge in [0.15, 0.2) is 0 Å². The quantitative estimate of drug-likeness (QED) is 0.455. The predicted molar refractivity (Wildman–Crippen MR) is 132 cm³/mol. The number of benzene rings is 2. The van der Waals surface area contributed by atoms with Gasteiger partial charge >= 0.3 is 0 Å². The van der Waals surface area contributed by atoms with Crippen LogP contribution in [-0.2, 0) is 17.9 Å². The van der Waals surface area contributed by atoms with Gasteiger partial charge in [0.05, 0.1) is 6.54 Å². The number of carbonyl (C=O) groups excluding carboxylic acids is 2. The Morgan fingerprint density at radius 1 is 1.00 bits per heavy atom. The number of piperidine rings is 1. The number of rotatable bonds is 6. The number of halogens is 1. The molecule has 0 spiro atoms. The van der Waals surface area contributed by atoms with E-state index in [2.05, 4.69) is 10.3 Å². The minimum Gasteiger partial charge on any atom is -0.352 e. The van der Waals surface area contributed by atoms with Crippen molar-refractivity contribution in [1.29, 1.82) is 0 Å².